The Morgan fingerprint density at radius 2 is 1.92 bits per heavy atom. The smallest absolute Gasteiger partial charge is 0.173 e. The van der Waals surface area contributed by atoms with Gasteiger partial charge in [0.25, 0.3) is 0 Å². The molecule has 1 aromatic carbocycles. The summed E-state index contributed by atoms with van der Waals surface area (Å²) in [6.07, 6.45) is -0.0600. The van der Waals surface area contributed by atoms with Crippen LogP contribution < -0.4 is 5.32 Å². The number of benzene rings is 1. The minimum atomic E-state index is -0.789. The third-order valence-electron chi connectivity index (χ3n) is 2.99. The highest BCUT2D eigenvalue weighted by Gasteiger charge is 2.18. The predicted octanol–water partition coefficient (Wildman–Crippen LogP) is 5.02. The summed E-state index contributed by atoms with van der Waals surface area (Å²) in [4.78, 5) is 20.5. The summed E-state index contributed by atoms with van der Waals surface area (Å²) in [5, 5.41) is 2.61. The molecule has 0 bridgehead atoms. The van der Waals surface area contributed by atoms with E-state index in [1.807, 2.05) is 44.2 Å². The zero-order valence-corrected chi connectivity index (χ0v) is 14.7. The van der Waals surface area contributed by atoms with Crippen molar-refractivity contribution in [3.8, 4) is 0 Å². The Labute approximate surface area is 149 Å². The zero-order valence-electron chi connectivity index (χ0n) is 13.2. The lowest BCUT2D eigenvalue weighted by Gasteiger charge is -2.12. The molecule has 1 aromatic heterocycles. The van der Waals surface area contributed by atoms with Crippen molar-refractivity contribution in [2.45, 2.75) is 26.3 Å². The molecule has 0 unspecified atom stereocenters. The van der Waals surface area contributed by atoms with Gasteiger partial charge in [-0.3, -0.25) is 9.79 Å². The maximum Gasteiger partial charge on any atom is 0.173 e. The molecule has 0 saturated carbocycles. The number of aromatic nitrogens is 1. The van der Waals surface area contributed by atoms with Gasteiger partial charge < -0.3 is 5.32 Å². The number of rotatable bonds is 5. The van der Waals surface area contributed by atoms with E-state index in [-0.39, 0.29) is 28.3 Å². The summed E-state index contributed by atoms with van der Waals surface area (Å²) in [7, 11) is 0. The normalized spacial score (nSPS) is 11.7. The van der Waals surface area contributed by atoms with Gasteiger partial charge in [0, 0.05) is 11.7 Å². The molecule has 2 aromatic rings. The van der Waals surface area contributed by atoms with E-state index in [1.54, 1.807) is 0 Å². The van der Waals surface area contributed by atoms with Crippen LogP contribution in [0.15, 0.2) is 41.4 Å². The van der Waals surface area contributed by atoms with Crippen LogP contribution in [0.2, 0.25) is 10.3 Å². The molecule has 0 fully saturated rings. The third-order valence-corrected chi connectivity index (χ3v) is 3.54. The van der Waals surface area contributed by atoms with Crippen LogP contribution >= 0.6 is 23.2 Å². The minimum Gasteiger partial charge on any atom is -0.344 e. The minimum absolute atomic E-state index is 0.0143. The monoisotopic (exact) mass is 367 g/mol. The van der Waals surface area contributed by atoms with Gasteiger partial charge in [0.05, 0.1) is 12.0 Å². The summed E-state index contributed by atoms with van der Waals surface area (Å²) >= 11 is 11.5. The second kappa shape index (κ2) is 8.22. The van der Waals surface area contributed by atoms with Crippen LogP contribution in [0, 0.1) is 5.82 Å². The number of para-hydroxylation sites is 1. The number of carbonyl (C=O) groups is 1. The summed E-state index contributed by atoms with van der Waals surface area (Å²) in [6.45, 7) is 3.79. The van der Waals surface area contributed by atoms with Crippen LogP contribution in [0.25, 0.3) is 0 Å². The third kappa shape index (κ3) is 5.01. The van der Waals surface area contributed by atoms with E-state index < -0.39 is 11.6 Å². The average Bonchev–Trinajstić information content (AvgIpc) is 2.51. The summed E-state index contributed by atoms with van der Waals surface area (Å²) in [5.74, 6) is -0.721. The fourth-order valence-electron chi connectivity index (χ4n) is 2.01. The predicted molar refractivity (Wildman–Crippen MR) is 95.8 cm³/mol. The van der Waals surface area contributed by atoms with Gasteiger partial charge >= 0.3 is 0 Å². The molecule has 0 amide bonds. The topological polar surface area (TPSA) is 54.4 Å². The molecule has 0 saturated heterocycles. The van der Waals surface area contributed by atoms with E-state index in [2.05, 4.69) is 15.3 Å². The van der Waals surface area contributed by atoms with Gasteiger partial charge in [-0.25, -0.2) is 9.37 Å². The molecule has 7 heteroatoms. The molecule has 0 radical (unpaired) electrons. The average molecular weight is 368 g/mol. The van der Waals surface area contributed by atoms with E-state index in [0.29, 0.717) is 5.84 Å². The van der Waals surface area contributed by atoms with Crippen LogP contribution in [0.1, 0.15) is 30.6 Å². The van der Waals surface area contributed by atoms with Gasteiger partial charge in [-0.2, -0.15) is 0 Å². The van der Waals surface area contributed by atoms with Gasteiger partial charge in [0.2, 0.25) is 0 Å². The van der Waals surface area contributed by atoms with E-state index in [9.17, 15) is 9.18 Å². The fourth-order valence-corrected chi connectivity index (χ4v) is 2.44. The number of halogens is 3. The van der Waals surface area contributed by atoms with Crippen molar-refractivity contribution in [3.05, 3.63) is 58.1 Å². The standard InChI is InChI=1S/C17H16Cl2FN3O/c1-10(2)21-15(22-11-6-4-3-5-7-11)9-14(24)12-8-13(20)17(19)23-16(12)18/h3-8,10H,9H2,1-2H3,(H,21,22). The van der Waals surface area contributed by atoms with Gasteiger partial charge in [0.1, 0.15) is 11.0 Å². The number of nitrogens with zero attached hydrogens (tertiary/aromatic N) is 2. The molecule has 4 nitrogen and oxygen atoms in total. The lowest BCUT2D eigenvalue weighted by Crippen LogP contribution is -2.19. The van der Waals surface area contributed by atoms with Crippen molar-refractivity contribution in [3.63, 3.8) is 0 Å². The number of aliphatic imine (C=N–C) groups is 1. The Hall–Kier alpha value is -1.98. The number of ketones is 1. The molecule has 24 heavy (non-hydrogen) atoms. The molecule has 0 atom stereocenters. The van der Waals surface area contributed by atoms with Crippen molar-refractivity contribution in [1.29, 1.82) is 0 Å². The molecule has 0 aliphatic rings. The highest BCUT2D eigenvalue weighted by atomic mass is 35.5. The van der Waals surface area contributed by atoms with Crippen LogP contribution in [0.3, 0.4) is 0 Å². The number of Topliss-reactive ketones (excluding diaryl/α,β-unsaturated/α-hetero) is 1. The van der Waals surface area contributed by atoms with E-state index in [0.717, 1.165) is 11.8 Å². The number of carbonyl (C=O) groups excluding carboxylic acids is 1. The Morgan fingerprint density at radius 3 is 2.54 bits per heavy atom. The first-order valence-corrected chi connectivity index (χ1v) is 8.06. The first-order chi connectivity index (χ1) is 11.4. The number of anilines is 1. The molecule has 2 rings (SSSR count). The lowest BCUT2D eigenvalue weighted by atomic mass is 10.1. The molecule has 1 heterocycles. The first-order valence-electron chi connectivity index (χ1n) is 7.30. The van der Waals surface area contributed by atoms with Crippen molar-refractivity contribution in [2.24, 2.45) is 4.99 Å². The first kappa shape index (κ1) is 18.4. The number of nitrogens with one attached hydrogen (secondary N) is 1. The lowest BCUT2D eigenvalue weighted by molar-refractivity contribution is 0.1000. The van der Waals surface area contributed by atoms with Crippen molar-refractivity contribution < 1.29 is 9.18 Å². The molecule has 1 N–H and O–H groups in total. The summed E-state index contributed by atoms with van der Waals surface area (Å²) < 4.78 is 13.6. The molecular weight excluding hydrogens is 352 g/mol. The highest BCUT2D eigenvalue weighted by Crippen LogP contribution is 2.22. The molecule has 126 valence electrons. The molecular formula is C17H16Cl2FN3O. The number of pyridine rings is 1. The largest absolute Gasteiger partial charge is 0.344 e. The van der Waals surface area contributed by atoms with E-state index in [4.69, 9.17) is 23.2 Å². The molecule has 0 spiro atoms. The van der Waals surface area contributed by atoms with Crippen molar-refractivity contribution in [1.82, 2.24) is 4.98 Å². The summed E-state index contributed by atoms with van der Waals surface area (Å²) in [6, 6.07) is 10.3. The number of amidine groups is 1. The quantitative estimate of drug-likeness (QED) is 0.349. The van der Waals surface area contributed by atoms with Gasteiger partial charge in [0.15, 0.2) is 16.8 Å². The second-order valence-corrected chi connectivity index (χ2v) is 6.08. The number of hydrogen-bond donors (Lipinski definition) is 1. The Balaban J connectivity index is 2.23. The Morgan fingerprint density at radius 1 is 1.25 bits per heavy atom. The van der Waals surface area contributed by atoms with Gasteiger partial charge in [-0.15, -0.1) is 0 Å². The van der Waals surface area contributed by atoms with E-state index in [1.165, 1.54) is 0 Å². The maximum atomic E-state index is 13.6. The SMILES string of the molecule is CC(C)N=C(CC(=O)c1cc(F)c(Cl)nc1Cl)Nc1ccccc1. The van der Waals surface area contributed by atoms with Crippen LogP contribution in [-0.2, 0) is 0 Å². The second-order valence-electron chi connectivity index (χ2n) is 5.36. The highest BCUT2D eigenvalue weighted by molar-refractivity contribution is 6.35. The van der Waals surface area contributed by atoms with Crippen LogP contribution in [0.5, 0.6) is 0 Å². The maximum absolute atomic E-state index is 13.6. The Kier molecular flexibility index (Phi) is 6.29. The van der Waals surface area contributed by atoms with Crippen molar-refractivity contribution >= 4 is 40.5 Å². The van der Waals surface area contributed by atoms with E-state index >= 15 is 0 Å². The Bertz CT molecular complexity index is 764. The van der Waals surface area contributed by atoms with Gasteiger partial charge in [-0.05, 0) is 32.0 Å². The summed E-state index contributed by atoms with van der Waals surface area (Å²) in [5.41, 5.74) is 0.779. The van der Waals surface area contributed by atoms with Crippen LogP contribution in [-0.4, -0.2) is 22.6 Å². The number of hydrogen-bond acceptors (Lipinski definition) is 3. The zero-order chi connectivity index (χ0) is 17.7. The fraction of sp³-hybridized carbons (Fsp3) is 0.235. The molecule has 0 aliphatic carbocycles. The molecule has 0 aliphatic heterocycles. The van der Waals surface area contributed by atoms with Crippen LogP contribution in [0.4, 0.5) is 10.1 Å². The van der Waals surface area contributed by atoms with Gasteiger partial charge in [-0.1, -0.05) is 41.4 Å². The van der Waals surface area contributed by atoms with Crippen molar-refractivity contribution in [2.75, 3.05) is 5.32 Å².